The van der Waals surface area contributed by atoms with Gasteiger partial charge in [-0.05, 0) is 55.7 Å². The van der Waals surface area contributed by atoms with Gasteiger partial charge >= 0.3 is 0 Å². The maximum atomic E-state index is 12.6. The molecule has 124 valence electrons. The zero-order chi connectivity index (χ0) is 17.0. The smallest absolute Gasteiger partial charge is 0.242 e. The summed E-state index contributed by atoms with van der Waals surface area (Å²) in [5, 5.41) is 0. The molecule has 0 fully saturated rings. The second-order valence-corrected chi connectivity index (χ2v) is 7.73. The Hall–Kier alpha value is -1.85. The standard InChI is InChI=1S/C18H23NO3S/c1-14-9-10-17(13-16(14)3)23(20,21)19(4)11-12-22-18-8-6-5-7-15(18)2/h5-10,13H,11-12H2,1-4H3. The summed E-state index contributed by atoms with van der Waals surface area (Å²) in [6.07, 6.45) is 0. The van der Waals surface area contributed by atoms with Gasteiger partial charge in [0.05, 0.1) is 4.90 Å². The fourth-order valence-corrected chi connectivity index (χ4v) is 3.42. The summed E-state index contributed by atoms with van der Waals surface area (Å²) in [7, 11) is -1.91. The van der Waals surface area contributed by atoms with Gasteiger partial charge in [0, 0.05) is 13.6 Å². The Morgan fingerprint density at radius 3 is 2.30 bits per heavy atom. The number of hydrogen-bond donors (Lipinski definition) is 0. The van der Waals surface area contributed by atoms with Gasteiger partial charge in [0.25, 0.3) is 0 Å². The van der Waals surface area contributed by atoms with E-state index < -0.39 is 10.0 Å². The van der Waals surface area contributed by atoms with Gasteiger partial charge < -0.3 is 4.74 Å². The summed E-state index contributed by atoms with van der Waals surface area (Å²) in [6.45, 7) is 6.45. The predicted octanol–water partition coefficient (Wildman–Crippen LogP) is 3.31. The first-order valence-corrected chi connectivity index (χ1v) is 8.98. The van der Waals surface area contributed by atoms with Crippen LogP contribution in [0.5, 0.6) is 5.75 Å². The molecule has 0 spiro atoms. The maximum absolute atomic E-state index is 12.6. The summed E-state index contributed by atoms with van der Waals surface area (Å²) in [4.78, 5) is 0.319. The minimum absolute atomic E-state index is 0.295. The molecule has 0 atom stereocenters. The van der Waals surface area contributed by atoms with Crippen molar-refractivity contribution in [3.63, 3.8) is 0 Å². The third kappa shape index (κ3) is 4.12. The molecule has 0 aliphatic carbocycles. The summed E-state index contributed by atoms with van der Waals surface area (Å²) in [6, 6.07) is 12.9. The Morgan fingerprint density at radius 2 is 1.65 bits per heavy atom. The monoisotopic (exact) mass is 333 g/mol. The van der Waals surface area contributed by atoms with E-state index in [1.165, 1.54) is 4.31 Å². The van der Waals surface area contributed by atoms with Crippen molar-refractivity contribution < 1.29 is 13.2 Å². The summed E-state index contributed by atoms with van der Waals surface area (Å²) >= 11 is 0. The number of benzene rings is 2. The molecular weight excluding hydrogens is 310 g/mol. The minimum atomic E-state index is -3.49. The normalized spacial score (nSPS) is 11.7. The van der Waals surface area contributed by atoms with Gasteiger partial charge in [0.15, 0.2) is 0 Å². The Morgan fingerprint density at radius 1 is 0.957 bits per heavy atom. The lowest BCUT2D eigenvalue weighted by atomic mass is 10.1. The number of hydrogen-bond acceptors (Lipinski definition) is 3. The van der Waals surface area contributed by atoms with Crippen LogP contribution in [0.4, 0.5) is 0 Å². The first-order chi connectivity index (χ1) is 10.8. The third-order valence-electron chi connectivity index (χ3n) is 3.94. The van der Waals surface area contributed by atoms with Crippen LogP contribution in [0.15, 0.2) is 47.4 Å². The van der Waals surface area contributed by atoms with Crippen molar-refractivity contribution in [1.29, 1.82) is 0 Å². The molecule has 0 amide bonds. The minimum Gasteiger partial charge on any atom is -0.492 e. The Bertz CT molecular complexity index is 785. The fourth-order valence-electron chi connectivity index (χ4n) is 2.18. The number of aryl methyl sites for hydroxylation is 3. The first-order valence-electron chi connectivity index (χ1n) is 7.54. The van der Waals surface area contributed by atoms with Crippen LogP contribution in [-0.4, -0.2) is 32.9 Å². The molecule has 4 nitrogen and oxygen atoms in total. The van der Waals surface area contributed by atoms with Crippen LogP contribution in [-0.2, 0) is 10.0 Å². The van der Waals surface area contributed by atoms with E-state index in [-0.39, 0.29) is 0 Å². The van der Waals surface area contributed by atoms with Crippen molar-refractivity contribution in [3.05, 3.63) is 59.2 Å². The lowest BCUT2D eigenvalue weighted by Crippen LogP contribution is -2.31. The topological polar surface area (TPSA) is 46.6 Å². The van der Waals surface area contributed by atoms with Crippen molar-refractivity contribution in [2.24, 2.45) is 0 Å². The maximum Gasteiger partial charge on any atom is 0.242 e. The number of ether oxygens (including phenoxy) is 1. The molecule has 2 rings (SSSR count). The van der Waals surface area contributed by atoms with E-state index in [1.54, 1.807) is 19.2 Å². The van der Waals surface area contributed by atoms with E-state index in [0.29, 0.717) is 18.0 Å². The van der Waals surface area contributed by atoms with E-state index in [4.69, 9.17) is 4.74 Å². The van der Waals surface area contributed by atoms with Gasteiger partial charge in [-0.1, -0.05) is 24.3 Å². The summed E-state index contributed by atoms with van der Waals surface area (Å²) in [5.74, 6) is 0.782. The van der Waals surface area contributed by atoms with Crippen molar-refractivity contribution >= 4 is 10.0 Å². The zero-order valence-corrected chi connectivity index (χ0v) is 14.9. The van der Waals surface area contributed by atoms with Crippen molar-refractivity contribution in [3.8, 4) is 5.75 Å². The predicted molar refractivity (Wildman–Crippen MR) is 92.4 cm³/mol. The summed E-state index contributed by atoms with van der Waals surface area (Å²) in [5.41, 5.74) is 3.08. The van der Waals surface area contributed by atoms with Crippen molar-refractivity contribution in [1.82, 2.24) is 4.31 Å². The molecule has 2 aromatic rings. The molecule has 0 aromatic heterocycles. The second kappa shape index (κ2) is 7.15. The van der Waals surface area contributed by atoms with Gasteiger partial charge in [0.2, 0.25) is 10.0 Å². The highest BCUT2D eigenvalue weighted by Crippen LogP contribution is 2.19. The first kappa shape index (κ1) is 17.5. The Labute approximate surface area is 138 Å². The highest BCUT2D eigenvalue weighted by atomic mass is 32.2. The Balaban J connectivity index is 2.03. The molecule has 0 saturated heterocycles. The summed E-state index contributed by atoms with van der Waals surface area (Å²) < 4.78 is 32.2. The molecule has 0 aliphatic heterocycles. The fraction of sp³-hybridized carbons (Fsp3) is 0.333. The molecule has 0 N–H and O–H groups in total. The van der Waals surface area contributed by atoms with Gasteiger partial charge in [-0.2, -0.15) is 4.31 Å². The molecule has 2 aromatic carbocycles. The Kier molecular flexibility index (Phi) is 5.44. The SMILES string of the molecule is Cc1ccc(S(=O)(=O)N(C)CCOc2ccccc2C)cc1C. The van der Waals surface area contributed by atoms with Crippen LogP contribution in [0, 0.1) is 20.8 Å². The highest BCUT2D eigenvalue weighted by Gasteiger charge is 2.21. The van der Waals surface area contributed by atoms with Gasteiger partial charge in [-0.15, -0.1) is 0 Å². The molecule has 0 heterocycles. The molecule has 0 saturated carbocycles. The van der Waals surface area contributed by atoms with Crippen LogP contribution in [0.3, 0.4) is 0 Å². The number of sulfonamides is 1. The number of rotatable bonds is 6. The van der Waals surface area contributed by atoms with Crippen LogP contribution in [0.1, 0.15) is 16.7 Å². The van der Waals surface area contributed by atoms with Crippen molar-refractivity contribution in [2.45, 2.75) is 25.7 Å². The van der Waals surface area contributed by atoms with Crippen LogP contribution < -0.4 is 4.74 Å². The quantitative estimate of drug-likeness (QED) is 0.815. The highest BCUT2D eigenvalue weighted by molar-refractivity contribution is 7.89. The van der Waals surface area contributed by atoms with Crippen molar-refractivity contribution in [2.75, 3.05) is 20.2 Å². The average molecular weight is 333 g/mol. The van der Waals surface area contributed by atoms with E-state index in [0.717, 1.165) is 22.4 Å². The zero-order valence-electron chi connectivity index (χ0n) is 14.0. The van der Waals surface area contributed by atoms with Gasteiger partial charge in [0.1, 0.15) is 12.4 Å². The van der Waals surface area contributed by atoms with E-state index >= 15 is 0 Å². The van der Waals surface area contributed by atoms with Gasteiger partial charge in [-0.3, -0.25) is 0 Å². The molecule has 0 bridgehead atoms. The van der Waals surface area contributed by atoms with Gasteiger partial charge in [-0.25, -0.2) is 8.42 Å². The van der Waals surface area contributed by atoms with E-state index in [1.807, 2.05) is 51.1 Å². The second-order valence-electron chi connectivity index (χ2n) is 5.69. The number of likely N-dealkylation sites (N-methyl/N-ethyl adjacent to an activating group) is 1. The van der Waals surface area contributed by atoms with Crippen LogP contribution >= 0.6 is 0 Å². The lowest BCUT2D eigenvalue weighted by molar-refractivity contribution is 0.285. The molecule has 0 aliphatic rings. The van der Waals surface area contributed by atoms with E-state index in [2.05, 4.69) is 0 Å². The van der Waals surface area contributed by atoms with E-state index in [9.17, 15) is 8.42 Å². The molecule has 23 heavy (non-hydrogen) atoms. The van der Waals surface area contributed by atoms with Crippen LogP contribution in [0.2, 0.25) is 0 Å². The number of nitrogens with zero attached hydrogens (tertiary/aromatic N) is 1. The molecule has 0 unspecified atom stereocenters. The molecular formula is C18H23NO3S. The van der Waals surface area contributed by atoms with Crippen LogP contribution in [0.25, 0.3) is 0 Å². The largest absolute Gasteiger partial charge is 0.492 e. The lowest BCUT2D eigenvalue weighted by Gasteiger charge is -2.18. The average Bonchev–Trinajstić information content (AvgIpc) is 2.51. The third-order valence-corrected chi connectivity index (χ3v) is 5.80. The molecule has 5 heteroatoms. The molecule has 0 radical (unpaired) electrons. The number of para-hydroxylation sites is 1.